The van der Waals surface area contributed by atoms with Gasteiger partial charge in [0.2, 0.25) is 0 Å². The summed E-state index contributed by atoms with van der Waals surface area (Å²) in [6.07, 6.45) is 1.37. The van der Waals surface area contributed by atoms with Gasteiger partial charge >= 0.3 is 5.97 Å². The van der Waals surface area contributed by atoms with Gasteiger partial charge in [-0.3, -0.25) is 9.59 Å². The summed E-state index contributed by atoms with van der Waals surface area (Å²) in [6, 6.07) is 13.9. The van der Waals surface area contributed by atoms with Gasteiger partial charge in [-0.25, -0.2) is 0 Å². The minimum absolute atomic E-state index is 0.0281. The molecule has 0 radical (unpaired) electrons. The first-order valence-corrected chi connectivity index (χ1v) is 11.3. The molecule has 1 fully saturated rings. The monoisotopic (exact) mass is 476 g/mol. The van der Waals surface area contributed by atoms with Crippen molar-refractivity contribution in [2.75, 3.05) is 32.8 Å². The van der Waals surface area contributed by atoms with Crippen LogP contribution in [-0.4, -0.2) is 60.8 Å². The molecule has 2 N–H and O–H groups in total. The van der Waals surface area contributed by atoms with Crippen LogP contribution < -0.4 is 15.0 Å². The molecule has 2 unspecified atom stereocenters. The third-order valence-corrected chi connectivity index (χ3v) is 5.47. The minimum atomic E-state index is -0.731. The van der Waals surface area contributed by atoms with Gasteiger partial charge in [-0.15, -0.1) is 0 Å². The van der Waals surface area contributed by atoms with Crippen LogP contribution in [0.5, 0.6) is 11.5 Å². The molecule has 1 heterocycles. The van der Waals surface area contributed by atoms with E-state index in [-0.39, 0.29) is 12.2 Å². The third kappa shape index (κ3) is 8.24. The number of carbonyl (C=O) groups is 2. The molecule has 1 aliphatic rings. The number of nitrogens with one attached hydrogen (secondary N) is 1. The highest BCUT2D eigenvalue weighted by Crippen LogP contribution is 2.21. The van der Waals surface area contributed by atoms with Crippen molar-refractivity contribution in [1.82, 2.24) is 10.4 Å². The highest BCUT2D eigenvalue weighted by atomic mass is 35.5. The van der Waals surface area contributed by atoms with Crippen molar-refractivity contribution in [3.63, 3.8) is 0 Å². The van der Waals surface area contributed by atoms with Crippen LogP contribution in [0.15, 0.2) is 48.5 Å². The number of benzene rings is 2. The smallest absolute Gasteiger partial charge is 0.329 e. The van der Waals surface area contributed by atoms with Crippen LogP contribution in [0.4, 0.5) is 0 Å². The van der Waals surface area contributed by atoms with Gasteiger partial charge in [0, 0.05) is 31.0 Å². The van der Waals surface area contributed by atoms with Crippen LogP contribution in [0.2, 0.25) is 5.02 Å². The lowest BCUT2D eigenvalue weighted by Crippen LogP contribution is -2.43. The Bertz CT molecular complexity index is 923. The fourth-order valence-electron chi connectivity index (χ4n) is 3.69. The van der Waals surface area contributed by atoms with E-state index in [4.69, 9.17) is 21.1 Å². The number of aliphatic hydroxyl groups is 1. The van der Waals surface area contributed by atoms with Crippen LogP contribution in [-0.2, 0) is 9.63 Å². The van der Waals surface area contributed by atoms with E-state index in [0.717, 1.165) is 31.7 Å². The Morgan fingerprint density at radius 3 is 2.70 bits per heavy atom. The summed E-state index contributed by atoms with van der Waals surface area (Å²) >= 11 is 5.91. The van der Waals surface area contributed by atoms with Crippen molar-refractivity contribution >= 4 is 23.5 Å². The minimum Gasteiger partial charge on any atom is -0.493 e. The van der Waals surface area contributed by atoms with E-state index in [1.165, 1.54) is 6.92 Å². The van der Waals surface area contributed by atoms with Crippen LogP contribution in [0.3, 0.4) is 0 Å². The lowest BCUT2D eigenvalue weighted by molar-refractivity contribution is -0.146. The zero-order valence-electron chi connectivity index (χ0n) is 18.5. The first-order chi connectivity index (χ1) is 15.9. The molecule has 1 amide bonds. The van der Waals surface area contributed by atoms with E-state index < -0.39 is 18.0 Å². The zero-order valence-corrected chi connectivity index (χ0v) is 19.3. The summed E-state index contributed by atoms with van der Waals surface area (Å²) in [5.74, 6) is 0.231. The predicted molar refractivity (Wildman–Crippen MR) is 123 cm³/mol. The average Bonchev–Trinajstić information content (AvgIpc) is 2.81. The SMILES string of the molecule is CC(=O)ONC(=O)c1ccccc1OCC(O)CN1CCCC(COc2ccc(Cl)cc2)C1. The lowest BCUT2D eigenvalue weighted by Gasteiger charge is -2.33. The number of nitrogens with zero attached hydrogens (tertiary/aromatic N) is 1. The fourth-order valence-corrected chi connectivity index (χ4v) is 3.81. The summed E-state index contributed by atoms with van der Waals surface area (Å²) in [7, 11) is 0. The number of hydrogen-bond donors (Lipinski definition) is 2. The van der Waals surface area contributed by atoms with Crippen molar-refractivity contribution in [2.45, 2.75) is 25.9 Å². The average molecular weight is 477 g/mol. The van der Waals surface area contributed by atoms with E-state index in [1.54, 1.807) is 36.4 Å². The van der Waals surface area contributed by atoms with E-state index >= 15 is 0 Å². The van der Waals surface area contributed by atoms with Gasteiger partial charge in [0.05, 0.1) is 12.2 Å². The number of β-amino-alcohol motifs (C(OH)–C–C–N with tert-alkyl or cyclic N) is 1. The number of aliphatic hydroxyl groups excluding tert-OH is 1. The van der Waals surface area contributed by atoms with Gasteiger partial charge in [0.1, 0.15) is 24.2 Å². The van der Waals surface area contributed by atoms with E-state index in [0.29, 0.717) is 29.8 Å². The number of halogens is 1. The largest absolute Gasteiger partial charge is 0.493 e. The van der Waals surface area contributed by atoms with Crippen LogP contribution in [0, 0.1) is 5.92 Å². The molecule has 9 heteroatoms. The van der Waals surface area contributed by atoms with Gasteiger partial charge < -0.3 is 24.3 Å². The Morgan fingerprint density at radius 1 is 1.18 bits per heavy atom. The Labute approximate surface area is 198 Å². The first kappa shape index (κ1) is 24.8. The Balaban J connectivity index is 1.45. The van der Waals surface area contributed by atoms with Gasteiger partial charge in [0.25, 0.3) is 5.91 Å². The standard InChI is InChI=1S/C24H29ClN2O6/c1-17(28)33-26-24(30)22-6-2-3-7-23(22)32-16-20(29)14-27-12-4-5-18(13-27)15-31-21-10-8-19(25)9-11-21/h2-3,6-11,18,20,29H,4-5,12-16H2,1H3,(H,26,30). The molecular weight excluding hydrogens is 448 g/mol. The molecule has 1 aliphatic heterocycles. The first-order valence-electron chi connectivity index (χ1n) is 10.9. The summed E-state index contributed by atoms with van der Waals surface area (Å²) in [5.41, 5.74) is 2.28. The Hall–Kier alpha value is -2.81. The lowest BCUT2D eigenvalue weighted by atomic mass is 9.98. The molecule has 2 aromatic carbocycles. The molecule has 3 rings (SSSR count). The molecule has 2 atom stereocenters. The van der Waals surface area contributed by atoms with E-state index in [2.05, 4.69) is 15.2 Å². The predicted octanol–water partition coefficient (Wildman–Crippen LogP) is 3.08. The summed E-state index contributed by atoms with van der Waals surface area (Å²) in [4.78, 5) is 29.8. The van der Waals surface area contributed by atoms with Crippen molar-refractivity contribution in [3.05, 3.63) is 59.1 Å². The second-order valence-corrected chi connectivity index (χ2v) is 8.46. The molecule has 0 aliphatic carbocycles. The van der Waals surface area contributed by atoms with Crippen LogP contribution in [0.25, 0.3) is 0 Å². The topological polar surface area (TPSA) is 97.3 Å². The van der Waals surface area contributed by atoms with Gasteiger partial charge in [-0.1, -0.05) is 23.7 Å². The number of para-hydroxylation sites is 1. The number of hydroxylamine groups is 1. The Kier molecular flexibility index (Phi) is 9.35. The van der Waals surface area contributed by atoms with Gasteiger partial charge in [-0.2, -0.15) is 5.48 Å². The zero-order chi connectivity index (χ0) is 23.6. The molecule has 178 valence electrons. The normalized spacial score (nSPS) is 17.1. The number of rotatable bonds is 9. The maximum absolute atomic E-state index is 12.2. The maximum atomic E-state index is 12.2. The molecule has 0 spiro atoms. The van der Waals surface area contributed by atoms with Crippen molar-refractivity contribution in [3.8, 4) is 11.5 Å². The quantitative estimate of drug-likeness (QED) is 0.537. The summed E-state index contributed by atoms with van der Waals surface area (Å²) in [5, 5.41) is 11.2. The third-order valence-electron chi connectivity index (χ3n) is 5.22. The number of likely N-dealkylation sites (tertiary alicyclic amines) is 1. The molecule has 8 nitrogen and oxygen atoms in total. The van der Waals surface area contributed by atoms with Crippen molar-refractivity contribution in [2.24, 2.45) is 5.92 Å². The highest BCUT2D eigenvalue weighted by Gasteiger charge is 2.23. The summed E-state index contributed by atoms with van der Waals surface area (Å²) < 4.78 is 11.6. The Morgan fingerprint density at radius 2 is 1.94 bits per heavy atom. The number of amides is 1. The highest BCUT2D eigenvalue weighted by molar-refractivity contribution is 6.30. The maximum Gasteiger partial charge on any atom is 0.329 e. The van der Waals surface area contributed by atoms with Gasteiger partial charge in [0.15, 0.2) is 0 Å². The number of piperidine rings is 1. The van der Waals surface area contributed by atoms with E-state index in [1.807, 2.05) is 12.1 Å². The second kappa shape index (κ2) is 12.4. The second-order valence-electron chi connectivity index (χ2n) is 8.02. The van der Waals surface area contributed by atoms with Crippen molar-refractivity contribution in [1.29, 1.82) is 0 Å². The molecular formula is C24H29ClN2O6. The van der Waals surface area contributed by atoms with E-state index in [9.17, 15) is 14.7 Å². The molecule has 0 bridgehead atoms. The number of hydrogen-bond acceptors (Lipinski definition) is 7. The summed E-state index contributed by atoms with van der Waals surface area (Å²) in [6.45, 7) is 4.00. The molecule has 1 saturated heterocycles. The number of carbonyl (C=O) groups excluding carboxylic acids is 2. The fraction of sp³-hybridized carbons (Fsp3) is 0.417. The molecule has 2 aromatic rings. The molecule has 33 heavy (non-hydrogen) atoms. The number of ether oxygens (including phenoxy) is 2. The van der Waals surface area contributed by atoms with Crippen LogP contribution in [0.1, 0.15) is 30.1 Å². The molecule has 0 saturated carbocycles. The van der Waals surface area contributed by atoms with Crippen LogP contribution >= 0.6 is 11.6 Å². The van der Waals surface area contributed by atoms with Crippen molar-refractivity contribution < 1.29 is 29.0 Å². The van der Waals surface area contributed by atoms with Gasteiger partial charge in [-0.05, 0) is 55.8 Å². The molecule has 0 aromatic heterocycles.